The quantitative estimate of drug-likeness (QED) is 0.700. The zero-order valence-corrected chi connectivity index (χ0v) is 16.8. The van der Waals surface area contributed by atoms with Crippen molar-refractivity contribution in [3.8, 4) is 0 Å². The number of hydrogen-bond donors (Lipinski definition) is 2. The van der Waals surface area contributed by atoms with Crippen molar-refractivity contribution in [2.24, 2.45) is 0 Å². The van der Waals surface area contributed by atoms with Crippen molar-refractivity contribution in [3.63, 3.8) is 0 Å². The summed E-state index contributed by atoms with van der Waals surface area (Å²) < 4.78 is 24.8. The molecule has 1 saturated heterocycles. The lowest BCUT2D eigenvalue weighted by atomic mass is 10.1. The normalized spacial score (nSPS) is 16.5. The van der Waals surface area contributed by atoms with Crippen LogP contribution >= 0.6 is 0 Å². The molecule has 150 valence electrons. The molecule has 27 heavy (non-hydrogen) atoms. The summed E-state index contributed by atoms with van der Waals surface area (Å²) in [6.07, 6.45) is 3.58. The van der Waals surface area contributed by atoms with Crippen molar-refractivity contribution in [3.05, 3.63) is 24.3 Å². The first-order valence-corrected chi connectivity index (χ1v) is 11.0. The van der Waals surface area contributed by atoms with Gasteiger partial charge in [0.2, 0.25) is 11.8 Å². The molecule has 8 heteroatoms. The highest BCUT2D eigenvalue weighted by molar-refractivity contribution is 7.91. The molecule has 1 atom stereocenters. The Morgan fingerprint density at radius 3 is 2.33 bits per heavy atom. The molecule has 1 aliphatic rings. The number of nitrogens with one attached hydrogen (secondary N) is 2. The summed E-state index contributed by atoms with van der Waals surface area (Å²) in [7, 11) is -3.54. The van der Waals surface area contributed by atoms with Crippen molar-refractivity contribution in [1.29, 1.82) is 0 Å². The van der Waals surface area contributed by atoms with Crippen LogP contribution in [0.4, 0.5) is 5.69 Å². The fourth-order valence-corrected chi connectivity index (χ4v) is 4.37. The van der Waals surface area contributed by atoms with Crippen LogP contribution in [-0.2, 0) is 19.4 Å². The molecule has 1 fully saturated rings. The Labute approximate surface area is 161 Å². The monoisotopic (exact) mass is 395 g/mol. The van der Waals surface area contributed by atoms with E-state index in [1.165, 1.54) is 50.5 Å². The number of rotatable bonds is 8. The second kappa shape index (κ2) is 9.85. The molecular formula is C19H29N3O4S. The summed E-state index contributed by atoms with van der Waals surface area (Å²) in [6.45, 7) is 6.11. The van der Waals surface area contributed by atoms with Crippen LogP contribution in [0.2, 0.25) is 0 Å². The summed E-state index contributed by atoms with van der Waals surface area (Å²) in [4.78, 5) is 25.6. The summed E-state index contributed by atoms with van der Waals surface area (Å²) in [5, 5.41) is 5.43. The van der Waals surface area contributed by atoms with Crippen LogP contribution in [0.3, 0.4) is 0 Å². The Balaban J connectivity index is 1.79. The number of sulfone groups is 1. The van der Waals surface area contributed by atoms with Gasteiger partial charge in [-0.3, -0.25) is 14.5 Å². The number of hydrogen-bond acceptors (Lipinski definition) is 5. The van der Waals surface area contributed by atoms with Gasteiger partial charge in [0.15, 0.2) is 9.84 Å². The van der Waals surface area contributed by atoms with Crippen LogP contribution in [0.1, 0.15) is 39.5 Å². The van der Waals surface area contributed by atoms with Crippen LogP contribution in [-0.4, -0.2) is 56.6 Å². The minimum atomic E-state index is -3.54. The first-order valence-electron chi connectivity index (χ1n) is 9.39. The van der Waals surface area contributed by atoms with E-state index in [0.717, 1.165) is 13.1 Å². The Morgan fingerprint density at radius 2 is 1.74 bits per heavy atom. The Morgan fingerprint density at radius 1 is 1.11 bits per heavy atom. The maximum atomic E-state index is 12.4. The fourth-order valence-electron chi connectivity index (χ4n) is 3.13. The van der Waals surface area contributed by atoms with E-state index in [1.807, 2.05) is 0 Å². The molecule has 2 amide bonds. The predicted molar refractivity (Wildman–Crippen MR) is 105 cm³/mol. The summed E-state index contributed by atoms with van der Waals surface area (Å²) in [6, 6.07) is 6.21. The highest BCUT2D eigenvalue weighted by Crippen LogP contribution is 2.16. The molecule has 1 aromatic rings. The SMILES string of the molecule is CC(=O)Nc1ccc(S(=O)(=O)CCC(=O)NCC(C)N2CCCCC2)cc1. The zero-order valence-electron chi connectivity index (χ0n) is 16.0. The Hall–Kier alpha value is -1.93. The van der Waals surface area contributed by atoms with Gasteiger partial charge in [-0.05, 0) is 57.1 Å². The first-order chi connectivity index (χ1) is 12.8. The molecule has 0 bridgehead atoms. The fraction of sp³-hybridized carbons (Fsp3) is 0.579. The maximum absolute atomic E-state index is 12.4. The van der Waals surface area contributed by atoms with Gasteiger partial charge in [0.05, 0.1) is 10.6 Å². The summed E-state index contributed by atoms with van der Waals surface area (Å²) >= 11 is 0. The van der Waals surface area contributed by atoms with Gasteiger partial charge >= 0.3 is 0 Å². The number of carbonyl (C=O) groups excluding carboxylic acids is 2. The van der Waals surface area contributed by atoms with Crippen molar-refractivity contribution in [1.82, 2.24) is 10.2 Å². The van der Waals surface area contributed by atoms with Crippen LogP contribution < -0.4 is 10.6 Å². The first kappa shape index (κ1) is 21.4. The third-order valence-corrected chi connectivity index (χ3v) is 6.47. The molecule has 0 radical (unpaired) electrons. The van der Waals surface area contributed by atoms with Gasteiger partial charge in [0.1, 0.15) is 0 Å². The lowest BCUT2D eigenvalue weighted by Gasteiger charge is -2.32. The van der Waals surface area contributed by atoms with E-state index in [2.05, 4.69) is 22.5 Å². The third kappa shape index (κ3) is 6.95. The standard InChI is InChI=1S/C19H29N3O4S/c1-15(22-11-4-3-5-12-22)14-20-19(24)10-13-27(25,26)18-8-6-17(7-9-18)21-16(2)23/h6-9,15H,3-5,10-14H2,1-2H3,(H,20,24)(H,21,23). The lowest BCUT2D eigenvalue weighted by molar-refractivity contribution is -0.121. The molecule has 0 aromatic heterocycles. The van der Waals surface area contributed by atoms with E-state index >= 15 is 0 Å². The summed E-state index contributed by atoms with van der Waals surface area (Å²) in [5.41, 5.74) is 0.533. The van der Waals surface area contributed by atoms with Crippen LogP contribution in [0.25, 0.3) is 0 Å². The number of amides is 2. The van der Waals surface area contributed by atoms with Gasteiger partial charge in [-0.15, -0.1) is 0 Å². The second-order valence-corrected chi connectivity index (χ2v) is 9.13. The number of nitrogens with zero attached hydrogens (tertiary/aromatic N) is 1. The van der Waals surface area contributed by atoms with E-state index < -0.39 is 9.84 Å². The molecule has 0 spiro atoms. The molecule has 1 unspecified atom stereocenters. The van der Waals surface area contributed by atoms with Crippen molar-refractivity contribution in [2.45, 2.75) is 50.5 Å². The van der Waals surface area contributed by atoms with E-state index in [-0.39, 0.29) is 34.9 Å². The van der Waals surface area contributed by atoms with Crippen LogP contribution in [0.15, 0.2) is 29.2 Å². The molecular weight excluding hydrogens is 366 g/mol. The van der Waals surface area contributed by atoms with Gasteiger partial charge in [-0.2, -0.15) is 0 Å². The molecule has 2 rings (SSSR count). The number of benzene rings is 1. The minimum Gasteiger partial charge on any atom is -0.355 e. The molecule has 7 nitrogen and oxygen atoms in total. The highest BCUT2D eigenvalue weighted by Gasteiger charge is 2.19. The van der Waals surface area contributed by atoms with Crippen molar-refractivity contribution < 1.29 is 18.0 Å². The number of piperidine rings is 1. The van der Waals surface area contributed by atoms with Crippen LogP contribution in [0.5, 0.6) is 0 Å². The average Bonchev–Trinajstić information content (AvgIpc) is 2.65. The molecule has 1 heterocycles. The molecule has 1 aliphatic heterocycles. The van der Waals surface area contributed by atoms with E-state index in [1.54, 1.807) is 0 Å². The Kier molecular flexibility index (Phi) is 7.79. The molecule has 0 aliphatic carbocycles. The van der Waals surface area contributed by atoms with E-state index in [0.29, 0.717) is 12.2 Å². The lowest BCUT2D eigenvalue weighted by Crippen LogP contribution is -2.44. The minimum absolute atomic E-state index is 0.0670. The largest absolute Gasteiger partial charge is 0.355 e. The van der Waals surface area contributed by atoms with Crippen LogP contribution in [0, 0.1) is 0 Å². The number of carbonyl (C=O) groups is 2. The topological polar surface area (TPSA) is 95.6 Å². The van der Waals surface area contributed by atoms with E-state index in [9.17, 15) is 18.0 Å². The summed E-state index contributed by atoms with van der Waals surface area (Å²) in [5.74, 6) is -0.713. The predicted octanol–water partition coefficient (Wildman–Crippen LogP) is 1.80. The number of likely N-dealkylation sites (tertiary alicyclic amines) is 1. The van der Waals surface area contributed by atoms with Crippen molar-refractivity contribution >= 4 is 27.3 Å². The van der Waals surface area contributed by atoms with Crippen molar-refractivity contribution in [2.75, 3.05) is 30.7 Å². The molecule has 2 N–H and O–H groups in total. The second-order valence-electron chi connectivity index (χ2n) is 7.02. The third-order valence-electron chi connectivity index (χ3n) is 4.74. The van der Waals surface area contributed by atoms with Gasteiger partial charge in [-0.25, -0.2) is 8.42 Å². The molecule has 1 aromatic carbocycles. The van der Waals surface area contributed by atoms with Gasteiger partial charge < -0.3 is 10.6 Å². The zero-order chi connectivity index (χ0) is 19.9. The van der Waals surface area contributed by atoms with Gasteiger partial charge in [-0.1, -0.05) is 6.42 Å². The molecule has 0 saturated carbocycles. The maximum Gasteiger partial charge on any atom is 0.221 e. The smallest absolute Gasteiger partial charge is 0.221 e. The average molecular weight is 396 g/mol. The number of anilines is 1. The van der Waals surface area contributed by atoms with E-state index in [4.69, 9.17) is 0 Å². The van der Waals surface area contributed by atoms with Gasteiger partial charge in [0.25, 0.3) is 0 Å². The van der Waals surface area contributed by atoms with Gasteiger partial charge in [0, 0.05) is 31.6 Å². The highest BCUT2D eigenvalue weighted by atomic mass is 32.2. The Bertz CT molecular complexity index is 741.